The Bertz CT molecular complexity index is 519. The fourth-order valence-corrected chi connectivity index (χ4v) is 1.73. The van der Waals surface area contributed by atoms with E-state index in [4.69, 9.17) is 5.73 Å². The van der Waals surface area contributed by atoms with Crippen LogP contribution < -0.4 is 10.6 Å². The molecule has 16 heavy (non-hydrogen) atoms. The number of nitrogens with zero attached hydrogens (tertiary/aromatic N) is 2. The Balaban J connectivity index is 2.47. The van der Waals surface area contributed by atoms with E-state index in [9.17, 15) is 4.79 Å². The Kier molecular flexibility index (Phi) is 2.72. The van der Waals surface area contributed by atoms with Crippen molar-refractivity contribution in [2.75, 3.05) is 18.5 Å². The summed E-state index contributed by atoms with van der Waals surface area (Å²) in [6.07, 6.45) is 1.73. The van der Waals surface area contributed by atoms with Gasteiger partial charge in [0.1, 0.15) is 0 Å². The Hall–Kier alpha value is -2.10. The highest BCUT2D eigenvalue weighted by Gasteiger charge is 2.07. The van der Waals surface area contributed by atoms with E-state index in [-0.39, 0.29) is 12.5 Å². The highest BCUT2D eigenvalue weighted by molar-refractivity contribution is 5.93. The standard InChI is InChI=1S/C12H13N3O/c1-15(8-12(13)16)11-6-7-14-10-5-3-2-4-9(10)11/h2-7H,8H2,1H3,(H2,13,16). The molecule has 0 atom stereocenters. The van der Waals surface area contributed by atoms with Gasteiger partial charge in [-0.15, -0.1) is 0 Å². The summed E-state index contributed by atoms with van der Waals surface area (Å²) in [6.45, 7) is 0.202. The molecule has 0 saturated heterocycles. The monoisotopic (exact) mass is 215 g/mol. The third-order valence-corrected chi connectivity index (χ3v) is 2.43. The summed E-state index contributed by atoms with van der Waals surface area (Å²) >= 11 is 0. The van der Waals surface area contributed by atoms with Gasteiger partial charge in [-0.25, -0.2) is 0 Å². The van der Waals surface area contributed by atoms with Crippen LogP contribution in [-0.2, 0) is 4.79 Å². The van der Waals surface area contributed by atoms with E-state index in [2.05, 4.69) is 4.98 Å². The van der Waals surface area contributed by atoms with Crippen LogP contribution in [-0.4, -0.2) is 24.5 Å². The van der Waals surface area contributed by atoms with Crippen molar-refractivity contribution in [3.05, 3.63) is 36.5 Å². The molecule has 0 aliphatic heterocycles. The van der Waals surface area contributed by atoms with Crippen molar-refractivity contribution in [2.45, 2.75) is 0 Å². The second kappa shape index (κ2) is 4.18. The largest absolute Gasteiger partial charge is 0.368 e. The summed E-state index contributed by atoms with van der Waals surface area (Å²) in [5, 5.41) is 1.02. The molecule has 0 aliphatic rings. The maximum Gasteiger partial charge on any atom is 0.236 e. The smallest absolute Gasteiger partial charge is 0.236 e. The average molecular weight is 215 g/mol. The zero-order valence-corrected chi connectivity index (χ0v) is 9.05. The van der Waals surface area contributed by atoms with Gasteiger partial charge in [0.2, 0.25) is 5.91 Å². The van der Waals surface area contributed by atoms with Crippen molar-refractivity contribution in [3.8, 4) is 0 Å². The lowest BCUT2D eigenvalue weighted by molar-refractivity contribution is -0.116. The topological polar surface area (TPSA) is 59.2 Å². The Morgan fingerprint density at radius 2 is 2.12 bits per heavy atom. The van der Waals surface area contributed by atoms with Crippen molar-refractivity contribution in [1.29, 1.82) is 0 Å². The van der Waals surface area contributed by atoms with E-state index >= 15 is 0 Å². The summed E-state index contributed by atoms with van der Waals surface area (Å²) in [5.41, 5.74) is 7.05. The van der Waals surface area contributed by atoms with E-state index in [1.54, 1.807) is 6.20 Å². The minimum atomic E-state index is -0.344. The molecule has 0 saturated carbocycles. The predicted octanol–water partition coefficient (Wildman–Crippen LogP) is 1.16. The number of hydrogen-bond acceptors (Lipinski definition) is 3. The van der Waals surface area contributed by atoms with Crippen LogP contribution in [0.3, 0.4) is 0 Å². The zero-order chi connectivity index (χ0) is 11.5. The number of rotatable bonds is 3. The summed E-state index contributed by atoms with van der Waals surface area (Å²) in [6, 6.07) is 9.69. The lowest BCUT2D eigenvalue weighted by Gasteiger charge is -2.18. The van der Waals surface area contributed by atoms with Crippen molar-refractivity contribution in [2.24, 2.45) is 5.73 Å². The van der Waals surface area contributed by atoms with E-state index in [1.807, 2.05) is 42.3 Å². The Morgan fingerprint density at radius 3 is 2.88 bits per heavy atom. The van der Waals surface area contributed by atoms with Crippen molar-refractivity contribution in [3.63, 3.8) is 0 Å². The highest BCUT2D eigenvalue weighted by atomic mass is 16.1. The van der Waals surface area contributed by atoms with Gasteiger partial charge in [0.25, 0.3) is 0 Å². The van der Waals surface area contributed by atoms with E-state index in [0.29, 0.717) is 0 Å². The van der Waals surface area contributed by atoms with Crippen LogP contribution in [0.5, 0.6) is 0 Å². The van der Waals surface area contributed by atoms with Crippen LogP contribution in [0.1, 0.15) is 0 Å². The lowest BCUT2D eigenvalue weighted by Crippen LogP contribution is -2.30. The predicted molar refractivity (Wildman–Crippen MR) is 64.2 cm³/mol. The van der Waals surface area contributed by atoms with Crippen LogP contribution >= 0.6 is 0 Å². The minimum Gasteiger partial charge on any atom is -0.368 e. The normalized spacial score (nSPS) is 10.3. The number of aromatic nitrogens is 1. The van der Waals surface area contributed by atoms with Crippen molar-refractivity contribution in [1.82, 2.24) is 4.98 Å². The molecule has 4 nitrogen and oxygen atoms in total. The van der Waals surface area contributed by atoms with E-state index in [1.165, 1.54) is 0 Å². The number of primary amides is 1. The van der Waals surface area contributed by atoms with E-state index < -0.39 is 0 Å². The Labute approximate surface area is 93.7 Å². The number of hydrogen-bond donors (Lipinski definition) is 1. The molecule has 0 radical (unpaired) electrons. The molecule has 0 fully saturated rings. The zero-order valence-electron chi connectivity index (χ0n) is 9.05. The fourth-order valence-electron chi connectivity index (χ4n) is 1.73. The summed E-state index contributed by atoms with van der Waals surface area (Å²) in [7, 11) is 1.84. The molecule has 2 aromatic rings. The van der Waals surface area contributed by atoms with Crippen LogP contribution in [0.25, 0.3) is 10.9 Å². The molecule has 1 heterocycles. The molecule has 2 N–H and O–H groups in total. The molecule has 0 spiro atoms. The van der Waals surface area contributed by atoms with Gasteiger partial charge in [-0.05, 0) is 12.1 Å². The van der Waals surface area contributed by atoms with Crippen LogP contribution in [0.4, 0.5) is 5.69 Å². The molecule has 1 aromatic heterocycles. The van der Waals surface area contributed by atoms with Crippen molar-refractivity contribution < 1.29 is 4.79 Å². The van der Waals surface area contributed by atoms with E-state index in [0.717, 1.165) is 16.6 Å². The third-order valence-electron chi connectivity index (χ3n) is 2.43. The molecule has 0 aliphatic carbocycles. The summed E-state index contributed by atoms with van der Waals surface area (Å²) in [5.74, 6) is -0.344. The number of likely N-dealkylation sites (N-methyl/N-ethyl adjacent to an activating group) is 1. The lowest BCUT2D eigenvalue weighted by atomic mass is 10.2. The first-order valence-electron chi connectivity index (χ1n) is 5.01. The third kappa shape index (κ3) is 1.95. The molecule has 1 aromatic carbocycles. The van der Waals surface area contributed by atoms with Crippen LogP contribution in [0, 0.1) is 0 Å². The molecule has 1 amide bonds. The van der Waals surface area contributed by atoms with Gasteiger partial charge < -0.3 is 10.6 Å². The molecule has 2 rings (SSSR count). The minimum absolute atomic E-state index is 0.202. The van der Waals surface area contributed by atoms with Gasteiger partial charge in [0.05, 0.1) is 12.1 Å². The van der Waals surface area contributed by atoms with Crippen LogP contribution in [0.15, 0.2) is 36.5 Å². The Morgan fingerprint density at radius 1 is 1.38 bits per heavy atom. The number of nitrogens with two attached hydrogens (primary N) is 1. The molecule has 0 bridgehead atoms. The van der Waals surface area contributed by atoms with Crippen molar-refractivity contribution >= 4 is 22.5 Å². The molecular formula is C12H13N3O. The van der Waals surface area contributed by atoms with Gasteiger partial charge in [-0.1, -0.05) is 18.2 Å². The van der Waals surface area contributed by atoms with Crippen LogP contribution in [0.2, 0.25) is 0 Å². The first kappa shape index (κ1) is 10.4. The quantitative estimate of drug-likeness (QED) is 0.835. The molecular weight excluding hydrogens is 202 g/mol. The first-order valence-corrected chi connectivity index (χ1v) is 5.01. The molecule has 0 unspecified atom stereocenters. The summed E-state index contributed by atoms with van der Waals surface area (Å²) < 4.78 is 0. The second-order valence-electron chi connectivity index (χ2n) is 3.67. The maximum atomic E-state index is 10.9. The highest BCUT2D eigenvalue weighted by Crippen LogP contribution is 2.23. The van der Waals surface area contributed by atoms with Gasteiger partial charge >= 0.3 is 0 Å². The van der Waals surface area contributed by atoms with Gasteiger partial charge in [-0.2, -0.15) is 0 Å². The number of amides is 1. The van der Waals surface area contributed by atoms with Gasteiger partial charge in [-0.3, -0.25) is 9.78 Å². The van der Waals surface area contributed by atoms with Gasteiger partial charge in [0.15, 0.2) is 0 Å². The second-order valence-corrected chi connectivity index (χ2v) is 3.67. The number of benzene rings is 1. The first-order chi connectivity index (χ1) is 7.68. The number of fused-ring (bicyclic) bond motifs is 1. The molecule has 82 valence electrons. The fraction of sp³-hybridized carbons (Fsp3) is 0.167. The number of carbonyl (C=O) groups excluding carboxylic acids is 1. The number of para-hydroxylation sites is 1. The average Bonchev–Trinajstić information content (AvgIpc) is 2.27. The SMILES string of the molecule is CN(CC(N)=O)c1ccnc2ccccc12. The molecule has 4 heteroatoms. The number of anilines is 1. The number of carbonyl (C=O) groups is 1. The summed E-state index contributed by atoms with van der Waals surface area (Å²) in [4.78, 5) is 17.0. The number of pyridine rings is 1. The maximum absolute atomic E-state index is 10.9. The van der Waals surface area contributed by atoms with Gasteiger partial charge in [0, 0.05) is 24.3 Å².